The third-order valence-corrected chi connectivity index (χ3v) is 4.80. The molecule has 0 unspecified atom stereocenters. The number of aryl methyl sites for hydroxylation is 1. The van der Waals surface area contributed by atoms with Crippen molar-refractivity contribution in [3.63, 3.8) is 0 Å². The molecule has 0 aliphatic carbocycles. The maximum Gasteiger partial charge on any atom is 0.266 e. The highest BCUT2D eigenvalue weighted by atomic mass is 16.5. The van der Waals surface area contributed by atoms with Gasteiger partial charge in [-0.05, 0) is 74.6 Å². The number of amides is 1. The zero-order valence-corrected chi connectivity index (χ0v) is 18.7. The molecule has 0 spiro atoms. The SMILES string of the molecule is C=CCc1cc(/C=C(\C#N)C(=O)Nc2cccc(C)c2C)cc(OCC)c1OCCC. The van der Waals surface area contributed by atoms with E-state index in [1.807, 2.05) is 58.0 Å². The van der Waals surface area contributed by atoms with Crippen molar-refractivity contribution in [1.82, 2.24) is 0 Å². The maximum absolute atomic E-state index is 12.8. The van der Waals surface area contributed by atoms with E-state index in [2.05, 4.69) is 11.9 Å². The fourth-order valence-corrected chi connectivity index (χ4v) is 3.10. The third-order valence-electron chi connectivity index (χ3n) is 4.80. The summed E-state index contributed by atoms with van der Waals surface area (Å²) in [6.07, 6.45) is 4.81. The molecule has 1 amide bonds. The minimum absolute atomic E-state index is 0.00938. The molecule has 0 saturated carbocycles. The minimum atomic E-state index is -0.453. The number of hydrogen-bond acceptors (Lipinski definition) is 4. The van der Waals surface area contributed by atoms with E-state index < -0.39 is 5.91 Å². The second-order valence-corrected chi connectivity index (χ2v) is 7.15. The van der Waals surface area contributed by atoms with Gasteiger partial charge in [0, 0.05) is 11.3 Å². The molecule has 2 rings (SSSR count). The lowest BCUT2D eigenvalue weighted by Crippen LogP contribution is -2.14. The van der Waals surface area contributed by atoms with Crippen LogP contribution in [0.3, 0.4) is 0 Å². The maximum atomic E-state index is 12.8. The summed E-state index contributed by atoms with van der Waals surface area (Å²) >= 11 is 0. The van der Waals surface area contributed by atoms with Crippen LogP contribution in [0.1, 0.15) is 42.5 Å². The summed E-state index contributed by atoms with van der Waals surface area (Å²) in [6, 6.07) is 11.4. The van der Waals surface area contributed by atoms with Gasteiger partial charge < -0.3 is 14.8 Å². The second kappa shape index (κ2) is 11.6. The van der Waals surface area contributed by atoms with Crippen LogP contribution in [0.25, 0.3) is 6.08 Å². The predicted octanol–water partition coefficient (Wildman–Crippen LogP) is 5.77. The van der Waals surface area contributed by atoms with Gasteiger partial charge in [0.2, 0.25) is 0 Å². The lowest BCUT2D eigenvalue weighted by atomic mass is 10.0. The Balaban J connectivity index is 2.44. The summed E-state index contributed by atoms with van der Waals surface area (Å²) in [5, 5.41) is 12.5. The molecule has 5 nitrogen and oxygen atoms in total. The third kappa shape index (κ3) is 6.23. The molecule has 5 heteroatoms. The van der Waals surface area contributed by atoms with Gasteiger partial charge in [-0.25, -0.2) is 0 Å². The molecule has 0 aromatic heterocycles. The molecule has 1 N–H and O–H groups in total. The molecule has 0 bridgehead atoms. The molecular formula is C26H30N2O3. The van der Waals surface area contributed by atoms with Gasteiger partial charge in [-0.2, -0.15) is 5.26 Å². The van der Waals surface area contributed by atoms with E-state index in [9.17, 15) is 10.1 Å². The van der Waals surface area contributed by atoms with Crippen LogP contribution in [0.4, 0.5) is 5.69 Å². The Bertz CT molecular complexity index is 1020. The number of nitrogens with one attached hydrogen (secondary N) is 1. The van der Waals surface area contributed by atoms with Crippen LogP contribution in [0.2, 0.25) is 0 Å². The number of benzene rings is 2. The Morgan fingerprint density at radius 2 is 2.00 bits per heavy atom. The quantitative estimate of drug-likeness (QED) is 0.302. The van der Waals surface area contributed by atoms with Crippen molar-refractivity contribution in [2.45, 2.75) is 40.5 Å². The zero-order chi connectivity index (χ0) is 22.8. The number of allylic oxidation sites excluding steroid dienone is 1. The number of anilines is 1. The van der Waals surface area contributed by atoms with Crippen LogP contribution in [-0.2, 0) is 11.2 Å². The summed E-state index contributed by atoms with van der Waals surface area (Å²) in [5.74, 6) is 0.818. The van der Waals surface area contributed by atoms with E-state index >= 15 is 0 Å². The minimum Gasteiger partial charge on any atom is -0.490 e. The number of carbonyl (C=O) groups excluding carboxylic acids is 1. The zero-order valence-electron chi connectivity index (χ0n) is 18.7. The Hall–Kier alpha value is -3.52. The Morgan fingerprint density at radius 1 is 1.23 bits per heavy atom. The predicted molar refractivity (Wildman–Crippen MR) is 125 cm³/mol. The molecule has 2 aromatic carbocycles. The van der Waals surface area contributed by atoms with Crippen molar-refractivity contribution in [3.05, 3.63) is 70.8 Å². The van der Waals surface area contributed by atoms with Crippen LogP contribution in [0.15, 0.2) is 48.6 Å². The Morgan fingerprint density at radius 3 is 2.65 bits per heavy atom. The van der Waals surface area contributed by atoms with Gasteiger partial charge in [-0.1, -0.05) is 25.1 Å². The van der Waals surface area contributed by atoms with Gasteiger partial charge in [0.25, 0.3) is 5.91 Å². The van der Waals surface area contributed by atoms with Crippen molar-refractivity contribution in [2.75, 3.05) is 18.5 Å². The number of carbonyl (C=O) groups is 1. The topological polar surface area (TPSA) is 71.4 Å². The number of rotatable bonds is 10. The Kier molecular flexibility index (Phi) is 8.90. The van der Waals surface area contributed by atoms with Crippen LogP contribution < -0.4 is 14.8 Å². The molecular weight excluding hydrogens is 388 g/mol. The van der Waals surface area contributed by atoms with E-state index in [-0.39, 0.29) is 5.57 Å². The van der Waals surface area contributed by atoms with Crippen molar-refractivity contribution in [3.8, 4) is 17.6 Å². The van der Waals surface area contributed by atoms with Gasteiger partial charge in [-0.3, -0.25) is 4.79 Å². The largest absolute Gasteiger partial charge is 0.490 e. The summed E-state index contributed by atoms with van der Waals surface area (Å²) in [4.78, 5) is 12.8. The molecule has 2 aromatic rings. The molecule has 31 heavy (non-hydrogen) atoms. The van der Waals surface area contributed by atoms with E-state index in [0.717, 1.165) is 23.1 Å². The average molecular weight is 419 g/mol. The molecule has 0 fully saturated rings. The molecule has 0 saturated heterocycles. The van der Waals surface area contributed by atoms with Crippen molar-refractivity contribution >= 4 is 17.7 Å². The fourth-order valence-electron chi connectivity index (χ4n) is 3.10. The average Bonchev–Trinajstić information content (AvgIpc) is 2.75. The molecule has 0 atom stereocenters. The first-order valence-electron chi connectivity index (χ1n) is 10.5. The van der Waals surface area contributed by atoms with Crippen molar-refractivity contribution < 1.29 is 14.3 Å². The van der Waals surface area contributed by atoms with Crippen LogP contribution in [-0.4, -0.2) is 19.1 Å². The number of nitriles is 1. The van der Waals surface area contributed by atoms with Gasteiger partial charge in [-0.15, -0.1) is 6.58 Å². The lowest BCUT2D eigenvalue weighted by Gasteiger charge is -2.16. The lowest BCUT2D eigenvalue weighted by molar-refractivity contribution is -0.112. The molecule has 0 aliphatic heterocycles. The van der Waals surface area contributed by atoms with Crippen LogP contribution in [0.5, 0.6) is 11.5 Å². The van der Waals surface area contributed by atoms with E-state index in [4.69, 9.17) is 9.47 Å². The summed E-state index contributed by atoms with van der Waals surface area (Å²) in [6.45, 7) is 12.7. The first kappa shape index (κ1) is 23.8. The number of nitrogens with zero attached hydrogens (tertiary/aromatic N) is 1. The first-order valence-corrected chi connectivity index (χ1v) is 10.5. The van der Waals surface area contributed by atoms with Crippen LogP contribution in [0, 0.1) is 25.2 Å². The van der Waals surface area contributed by atoms with Gasteiger partial charge >= 0.3 is 0 Å². The van der Waals surface area contributed by atoms with E-state index in [0.29, 0.717) is 42.4 Å². The standard InChI is InChI=1S/C26H30N2O3/c1-6-10-21-14-20(16-24(30-8-3)25(21)31-13-7-2)15-22(17-27)26(29)28-23-12-9-11-18(4)19(23)5/h6,9,11-12,14-16H,1,7-8,10,13H2,2-5H3,(H,28,29)/b22-15+. The van der Waals surface area contributed by atoms with Gasteiger partial charge in [0.05, 0.1) is 13.2 Å². The highest BCUT2D eigenvalue weighted by molar-refractivity contribution is 6.10. The first-order chi connectivity index (χ1) is 14.9. The smallest absolute Gasteiger partial charge is 0.266 e. The van der Waals surface area contributed by atoms with Crippen molar-refractivity contribution in [2.24, 2.45) is 0 Å². The number of ether oxygens (including phenoxy) is 2. The molecule has 0 radical (unpaired) electrons. The molecule has 162 valence electrons. The summed E-state index contributed by atoms with van der Waals surface area (Å²) in [7, 11) is 0. The molecule has 0 aliphatic rings. The second-order valence-electron chi connectivity index (χ2n) is 7.15. The van der Waals surface area contributed by atoms with Crippen LogP contribution >= 0.6 is 0 Å². The van der Waals surface area contributed by atoms with Gasteiger partial charge in [0.15, 0.2) is 11.5 Å². The van der Waals surface area contributed by atoms with Crippen molar-refractivity contribution in [1.29, 1.82) is 5.26 Å². The summed E-state index contributed by atoms with van der Waals surface area (Å²) < 4.78 is 11.7. The highest BCUT2D eigenvalue weighted by Gasteiger charge is 2.15. The van der Waals surface area contributed by atoms with E-state index in [1.165, 1.54) is 0 Å². The highest BCUT2D eigenvalue weighted by Crippen LogP contribution is 2.35. The number of hydrogen-bond donors (Lipinski definition) is 1. The Labute approximate surface area is 185 Å². The summed E-state index contributed by atoms with van der Waals surface area (Å²) in [5.41, 5.74) is 4.33. The van der Waals surface area contributed by atoms with E-state index in [1.54, 1.807) is 18.2 Å². The normalized spacial score (nSPS) is 10.9. The van der Waals surface area contributed by atoms with Gasteiger partial charge in [0.1, 0.15) is 11.6 Å². The molecule has 0 heterocycles. The monoisotopic (exact) mass is 418 g/mol. The fraction of sp³-hybridized carbons (Fsp3) is 0.308.